The Balaban J connectivity index is 1.97. The summed E-state index contributed by atoms with van der Waals surface area (Å²) in [5.41, 5.74) is 0. The van der Waals surface area contributed by atoms with Gasteiger partial charge in [-0.15, -0.1) is 0 Å². The maximum atomic E-state index is 9.22. The molecule has 4 heteroatoms. The molecule has 0 radical (unpaired) electrons. The Bertz CT molecular complexity index is 319. The van der Waals surface area contributed by atoms with Crippen molar-refractivity contribution in [1.29, 1.82) is 0 Å². The highest BCUT2D eigenvalue weighted by Crippen LogP contribution is 2.20. The first-order chi connectivity index (χ1) is 6.74. The Labute approximate surface area is 87.6 Å². The average molecular weight is 214 g/mol. The van der Waals surface area contributed by atoms with E-state index in [2.05, 4.69) is 5.32 Å². The van der Waals surface area contributed by atoms with Crippen LogP contribution in [0.2, 0.25) is 5.02 Å². The van der Waals surface area contributed by atoms with Gasteiger partial charge < -0.3 is 9.84 Å². The summed E-state index contributed by atoms with van der Waals surface area (Å²) in [6, 6.07) is 7.27. The Morgan fingerprint density at radius 3 is 3.00 bits per heavy atom. The van der Waals surface area contributed by atoms with Gasteiger partial charge in [0.25, 0.3) is 0 Å². The maximum Gasteiger partial charge on any atom is 0.121 e. The van der Waals surface area contributed by atoms with Gasteiger partial charge in [0.2, 0.25) is 0 Å². The molecule has 0 bridgehead atoms. The molecule has 0 aromatic heterocycles. The predicted octanol–water partition coefficient (Wildman–Crippen LogP) is 1.40. The van der Waals surface area contributed by atoms with E-state index in [1.54, 1.807) is 12.1 Å². The molecule has 0 spiro atoms. The number of aliphatic hydroxyl groups excluding tert-OH is 1. The van der Waals surface area contributed by atoms with Gasteiger partial charge in [-0.3, -0.25) is 5.32 Å². The second-order valence-corrected chi connectivity index (χ2v) is 3.79. The number of rotatable bonds is 2. The Morgan fingerprint density at radius 2 is 2.36 bits per heavy atom. The lowest BCUT2D eigenvalue weighted by atomic mass is 10.3. The van der Waals surface area contributed by atoms with E-state index in [4.69, 9.17) is 16.3 Å². The quantitative estimate of drug-likeness (QED) is 0.781. The molecule has 2 N–H and O–H groups in total. The van der Waals surface area contributed by atoms with Crippen LogP contribution in [0, 0.1) is 0 Å². The molecule has 0 amide bonds. The topological polar surface area (TPSA) is 41.5 Å². The zero-order valence-corrected chi connectivity index (χ0v) is 8.37. The predicted molar refractivity (Wildman–Crippen MR) is 54.5 cm³/mol. The summed E-state index contributed by atoms with van der Waals surface area (Å²) in [5, 5.41) is 12.8. The summed E-state index contributed by atoms with van der Waals surface area (Å²) in [6.07, 6.45) is 0.203. The molecule has 2 atom stereocenters. The van der Waals surface area contributed by atoms with Crippen molar-refractivity contribution < 1.29 is 9.84 Å². The van der Waals surface area contributed by atoms with Gasteiger partial charge in [0, 0.05) is 18.0 Å². The van der Waals surface area contributed by atoms with Gasteiger partial charge in [-0.1, -0.05) is 17.7 Å². The van der Waals surface area contributed by atoms with Crippen molar-refractivity contribution in [3.63, 3.8) is 0 Å². The summed E-state index contributed by atoms with van der Waals surface area (Å²) in [5.74, 6) is 0.749. The molecule has 1 aromatic rings. The smallest absolute Gasteiger partial charge is 0.121 e. The minimum absolute atomic E-state index is 0.0310. The highest BCUT2D eigenvalue weighted by Gasteiger charge is 2.23. The molecule has 76 valence electrons. The Hall–Kier alpha value is -0.770. The SMILES string of the molecule is OC1C[C@H](Oc2cccc(Cl)c2)CN1. The van der Waals surface area contributed by atoms with Crippen molar-refractivity contribution in [1.82, 2.24) is 5.32 Å². The van der Waals surface area contributed by atoms with E-state index in [1.165, 1.54) is 0 Å². The summed E-state index contributed by atoms with van der Waals surface area (Å²) in [7, 11) is 0. The van der Waals surface area contributed by atoms with Crippen molar-refractivity contribution in [2.45, 2.75) is 18.8 Å². The molecule has 1 fully saturated rings. The standard InChI is InChI=1S/C10H12ClNO2/c11-7-2-1-3-8(4-7)14-9-5-10(13)12-6-9/h1-4,9-10,12-13H,5-6H2/t9-,10?/m0/s1. The van der Waals surface area contributed by atoms with E-state index in [1.807, 2.05) is 12.1 Å². The first-order valence-corrected chi connectivity index (χ1v) is 4.95. The molecular weight excluding hydrogens is 202 g/mol. The fourth-order valence-corrected chi connectivity index (χ4v) is 1.69. The first kappa shape index (κ1) is 9.77. The molecule has 1 unspecified atom stereocenters. The number of nitrogens with one attached hydrogen (secondary N) is 1. The second kappa shape index (κ2) is 4.17. The Morgan fingerprint density at radius 1 is 1.50 bits per heavy atom. The second-order valence-electron chi connectivity index (χ2n) is 3.36. The third-order valence-corrected chi connectivity index (χ3v) is 2.40. The van der Waals surface area contributed by atoms with Crippen LogP contribution in [-0.2, 0) is 0 Å². The number of aliphatic hydroxyl groups is 1. The highest BCUT2D eigenvalue weighted by atomic mass is 35.5. The van der Waals surface area contributed by atoms with Gasteiger partial charge in [-0.05, 0) is 18.2 Å². The van der Waals surface area contributed by atoms with Crippen LogP contribution < -0.4 is 10.1 Å². The van der Waals surface area contributed by atoms with Crippen LogP contribution in [0.3, 0.4) is 0 Å². The van der Waals surface area contributed by atoms with Gasteiger partial charge >= 0.3 is 0 Å². The largest absolute Gasteiger partial charge is 0.489 e. The molecule has 1 heterocycles. The van der Waals surface area contributed by atoms with Crippen molar-refractivity contribution >= 4 is 11.6 Å². The monoisotopic (exact) mass is 213 g/mol. The van der Waals surface area contributed by atoms with Crippen LogP contribution in [0.5, 0.6) is 5.75 Å². The normalized spacial score (nSPS) is 26.4. The van der Waals surface area contributed by atoms with Crippen LogP contribution in [0.1, 0.15) is 6.42 Å². The van der Waals surface area contributed by atoms with Gasteiger partial charge in [-0.2, -0.15) is 0 Å². The number of hydrogen-bond donors (Lipinski definition) is 2. The maximum absolute atomic E-state index is 9.22. The lowest BCUT2D eigenvalue weighted by Crippen LogP contribution is -2.21. The zero-order chi connectivity index (χ0) is 9.97. The van der Waals surface area contributed by atoms with Crippen LogP contribution in [0.4, 0.5) is 0 Å². The number of ether oxygens (including phenoxy) is 1. The molecule has 0 aliphatic carbocycles. The molecule has 1 saturated heterocycles. The molecule has 3 nitrogen and oxygen atoms in total. The summed E-state index contributed by atoms with van der Waals surface area (Å²) in [4.78, 5) is 0. The van der Waals surface area contributed by atoms with E-state index in [-0.39, 0.29) is 6.10 Å². The van der Waals surface area contributed by atoms with Crippen molar-refractivity contribution in [3.8, 4) is 5.75 Å². The first-order valence-electron chi connectivity index (χ1n) is 4.58. The van der Waals surface area contributed by atoms with Crippen molar-refractivity contribution in [3.05, 3.63) is 29.3 Å². The fourth-order valence-electron chi connectivity index (χ4n) is 1.51. The Kier molecular flexibility index (Phi) is 2.91. The van der Waals surface area contributed by atoms with E-state index in [0.29, 0.717) is 18.0 Å². The van der Waals surface area contributed by atoms with E-state index < -0.39 is 6.23 Å². The van der Waals surface area contributed by atoms with Gasteiger partial charge in [-0.25, -0.2) is 0 Å². The molecular formula is C10H12ClNO2. The van der Waals surface area contributed by atoms with Crippen LogP contribution in [-0.4, -0.2) is 24.0 Å². The average Bonchev–Trinajstić information content (AvgIpc) is 2.51. The molecule has 2 rings (SSSR count). The minimum atomic E-state index is -0.445. The molecule has 1 aromatic carbocycles. The number of halogens is 1. The van der Waals surface area contributed by atoms with Crippen molar-refractivity contribution in [2.24, 2.45) is 0 Å². The zero-order valence-electron chi connectivity index (χ0n) is 7.61. The van der Waals surface area contributed by atoms with Gasteiger partial charge in [0.05, 0.1) is 0 Å². The van der Waals surface area contributed by atoms with E-state index in [0.717, 1.165) is 5.75 Å². The third kappa shape index (κ3) is 2.38. The summed E-state index contributed by atoms with van der Waals surface area (Å²) >= 11 is 5.81. The van der Waals surface area contributed by atoms with Crippen LogP contribution in [0.15, 0.2) is 24.3 Å². The minimum Gasteiger partial charge on any atom is -0.489 e. The van der Waals surface area contributed by atoms with Crippen molar-refractivity contribution in [2.75, 3.05) is 6.54 Å². The summed E-state index contributed by atoms with van der Waals surface area (Å²) < 4.78 is 5.62. The lowest BCUT2D eigenvalue weighted by molar-refractivity contribution is 0.139. The lowest BCUT2D eigenvalue weighted by Gasteiger charge is -2.12. The third-order valence-electron chi connectivity index (χ3n) is 2.17. The van der Waals surface area contributed by atoms with Crippen LogP contribution >= 0.6 is 11.6 Å². The van der Waals surface area contributed by atoms with Crippen LogP contribution in [0.25, 0.3) is 0 Å². The molecule has 0 saturated carbocycles. The van der Waals surface area contributed by atoms with Gasteiger partial charge in [0.15, 0.2) is 0 Å². The summed E-state index contributed by atoms with van der Waals surface area (Å²) in [6.45, 7) is 0.674. The number of hydrogen-bond acceptors (Lipinski definition) is 3. The number of benzene rings is 1. The van der Waals surface area contributed by atoms with E-state index in [9.17, 15) is 5.11 Å². The highest BCUT2D eigenvalue weighted by molar-refractivity contribution is 6.30. The molecule has 1 aliphatic rings. The van der Waals surface area contributed by atoms with E-state index >= 15 is 0 Å². The molecule has 1 aliphatic heterocycles. The van der Waals surface area contributed by atoms with Gasteiger partial charge in [0.1, 0.15) is 18.1 Å². The fraction of sp³-hybridized carbons (Fsp3) is 0.400. The molecule has 14 heavy (non-hydrogen) atoms.